The Kier molecular flexibility index (Phi) is 4.37. The highest BCUT2D eigenvalue weighted by molar-refractivity contribution is 5.83. The molecule has 1 unspecified atom stereocenters. The second-order valence-electron chi connectivity index (χ2n) is 4.97. The predicted octanol–water partition coefficient (Wildman–Crippen LogP) is 1.37. The predicted molar refractivity (Wildman–Crippen MR) is 73.7 cm³/mol. The lowest BCUT2D eigenvalue weighted by atomic mass is 10.0. The maximum absolute atomic E-state index is 11.5. The maximum atomic E-state index is 11.5. The number of nitrogens with zero attached hydrogens (tertiary/aromatic N) is 2. The SMILES string of the molecule is CC[C@H](O)c1ccc(N2CCCCC2C(N)=O)cn1. The number of anilines is 1. The van der Waals surface area contributed by atoms with E-state index in [1.807, 2.05) is 24.0 Å². The summed E-state index contributed by atoms with van der Waals surface area (Å²) >= 11 is 0. The fourth-order valence-corrected chi connectivity index (χ4v) is 2.51. The Bertz CT molecular complexity index is 433. The molecule has 5 nitrogen and oxygen atoms in total. The van der Waals surface area contributed by atoms with Crippen molar-refractivity contribution in [1.29, 1.82) is 0 Å². The molecule has 2 heterocycles. The summed E-state index contributed by atoms with van der Waals surface area (Å²) in [5.74, 6) is -0.280. The smallest absolute Gasteiger partial charge is 0.240 e. The lowest BCUT2D eigenvalue weighted by molar-refractivity contribution is -0.119. The molecule has 1 fully saturated rings. The first-order valence-corrected chi connectivity index (χ1v) is 6.83. The van der Waals surface area contributed by atoms with Crippen LogP contribution in [0.5, 0.6) is 0 Å². The van der Waals surface area contributed by atoms with E-state index in [0.717, 1.165) is 31.5 Å². The molecule has 1 aromatic heterocycles. The largest absolute Gasteiger partial charge is 0.387 e. The molecule has 1 aliphatic rings. The van der Waals surface area contributed by atoms with Gasteiger partial charge >= 0.3 is 0 Å². The van der Waals surface area contributed by atoms with E-state index in [4.69, 9.17) is 5.73 Å². The number of aliphatic hydroxyl groups is 1. The van der Waals surface area contributed by atoms with E-state index in [9.17, 15) is 9.90 Å². The van der Waals surface area contributed by atoms with Gasteiger partial charge in [0, 0.05) is 6.54 Å². The summed E-state index contributed by atoms with van der Waals surface area (Å²) in [6, 6.07) is 3.48. The number of rotatable bonds is 4. The minimum atomic E-state index is -0.526. The summed E-state index contributed by atoms with van der Waals surface area (Å²) in [5, 5.41) is 9.72. The number of carbonyl (C=O) groups is 1. The van der Waals surface area contributed by atoms with E-state index in [2.05, 4.69) is 4.98 Å². The molecule has 0 aromatic carbocycles. The quantitative estimate of drug-likeness (QED) is 0.860. The zero-order valence-corrected chi connectivity index (χ0v) is 11.2. The minimum Gasteiger partial charge on any atom is -0.387 e. The van der Waals surface area contributed by atoms with Crippen molar-refractivity contribution in [3.63, 3.8) is 0 Å². The highest BCUT2D eigenvalue weighted by atomic mass is 16.3. The minimum absolute atomic E-state index is 0.238. The zero-order chi connectivity index (χ0) is 13.8. The van der Waals surface area contributed by atoms with Gasteiger partial charge in [-0.05, 0) is 37.8 Å². The van der Waals surface area contributed by atoms with Crippen LogP contribution in [-0.2, 0) is 4.79 Å². The third-order valence-electron chi connectivity index (χ3n) is 3.66. The first-order valence-electron chi connectivity index (χ1n) is 6.83. The van der Waals surface area contributed by atoms with Gasteiger partial charge in [0.15, 0.2) is 0 Å². The molecule has 0 aliphatic carbocycles. The van der Waals surface area contributed by atoms with Gasteiger partial charge in [0.25, 0.3) is 0 Å². The Morgan fingerprint density at radius 1 is 1.58 bits per heavy atom. The van der Waals surface area contributed by atoms with Gasteiger partial charge in [-0.1, -0.05) is 6.92 Å². The van der Waals surface area contributed by atoms with E-state index in [-0.39, 0.29) is 11.9 Å². The molecular weight excluding hydrogens is 242 g/mol. The molecule has 0 radical (unpaired) electrons. The highest BCUT2D eigenvalue weighted by Gasteiger charge is 2.27. The van der Waals surface area contributed by atoms with Crippen LogP contribution in [0, 0.1) is 0 Å². The molecule has 3 N–H and O–H groups in total. The van der Waals surface area contributed by atoms with Crippen LogP contribution in [0.4, 0.5) is 5.69 Å². The lowest BCUT2D eigenvalue weighted by Crippen LogP contribution is -2.47. The van der Waals surface area contributed by atoms with E-state index >= 15 is 0 Å². The van der Waals surface area contributed by atoms with Gasteiger partial charge in [-0.2, -0.15) is 0 Å². The molecule has 1 amide bonds. The molecule has 0 spiro atoms. The summed E-state index contributed by atoms with van der Waals surface area (Å²) in [6.07, 6.45) is 4.72. The van der Waals surface area contributed by atoms with Gasteiger partial charge in [0.2, 0.25) is 5.91 Å². The third kappa shape index (κ3) is 3.04. The van der Waals surface area contributed by atoms with Crippen LogP contribution in [0.2, 0.25) is 0 Å². The zero-order valence-electron chi connectivity index (χ0n) is 11.2. The number of hydrogen-bond acceptors (Lipinski definition) is 4. The molecule has 0 saturated carbocycles. The van der Waals surface area contributed by atoms with Gasteiger partial charge in [-0.3, -0.25) is 9.78 Å². The molecule has 0 bridgehead atoms. The molecule has 1 aromatic rings. The average molecular weight is 263 g/mol. The maximum Gasteiger partial charge on any atom is 0.240 e. The Balaban J connectivity index is 2.18. The second-order valence-corrected chi connectivity index (χ2v) is 4.97. The van der Waals surface area contributed by atoms with Gasteiger partial charge in [-0.15, -0.1) is 0 Å². The normalized spacial score (nSPS) is 21.2. The van der Waals surface area contributed by atoms with Crippen LogP contribution in [0.1, 0.15) is 44.4 Å². The van der Waals surface area contributed by atoms with Crippen molar-refractivity contribution in [1.82, 2.24) is 4.98 Å². The fourth-order valence-electron chi connectivity index (χ4n) is 2.51. The van der Waals surface area contributed by atoms with Crippen LogP contribution in [-0.4, -0.2) is 28.6 Å². The average Bonchev–Trinajstić information content (AvgIpc) is 2.46. The Morgan fingerprint density at radius 3 is 2.95 bits per heavy atom. The molecule has 1 saturated heterocycles. The van der Waals surface area contributed by atoms with Crippen molar-refractivity contribution in [3.05, 3.63) is 24.0 Å². The number of carbonyl (C=O) groups excluding carboxylic acids is 1. The lowest BCUT2D eigenvalue weighted by Gasteiger charge is -2.35. The van der Waals surface area contributed by atoms with E-state index in [1.54, 1.807) is 6.20 Å². The van der Waals surface area contributed by atoms with E-state index in [1.165, 1.54) is 0 Å². The molecule has 19 heavy (non-hydrogen) atoms. The Labute approximate surface area is 113 Å². The topological polar surface area (TPSA) is 79.5 Å². The first-order chi connectivity index (χ1) is 9.13. The Morgan fingerprint density at radius 2 is 2.37 bits per heavy atom. The van der Waals surface area contributed by atoms with Gasteiger partial charge < -0.3 is 15.7 Å². The Hall–Kier alpha value is -1.62. The number of piperidine rings is 1. The van der Waals surface area contributed by atoms with Crippen molar-refractivity contribution in [2.45, 2.75) is 44.8 Å². The van der Waals surface area contributed by atoms with Crippen molar-refractivity contribution in [2.75, 3.05) is 11.4 Å². The number of primary amides is 1. The van der Waals surface area contributed by atoms with E-state index < -0.39 is 6.10 Å². The summed E-state index contributed by atoms with van der Waals surface area (Å²) < 4.78 is 0. The molecular formula is C14H21N3O2. The molecule has 2 rings (SSSR count). The summed E-state index contributed by atoms with van der Waals surface area (Å²) in [4.78, 5) is 17.8. The van der Waals surface area contributed by atoms with E-state index in [0.29, 0.717) is 12.1 Å². The standard InChI is InChI=1S/C14H21N3O2/c1-2-13(18)11-7-6-10(9-16-11)17-8-4-3-5-12(17)14(15)19/h6-7,9,12-13,18H,2-5,8H2,1H3,(H2,15,19)/t12?,13-/m0/s1. The van der Waals surface area contributed by atoms with Crippen molar-refractivity contribution in [2.24, 2.45) is 5.73 Å². The molecule has 104 valence electrons. The molecule has 1 aliphatic heterocycles. The number of aliphatic hydroxyl groups excluding tert-OH is 1. The third-order valence-corrected chi connectivity index (χ3v) is 3.66. The fraction of sp³-hybridized carbons (Fsp3) is 0.571. The number of pyridine rings is 1. The number of nitrogens with two attached hydrogens (primary N) is 1. The van der Waals surface area contributed by atoms with Crippen LogP contribution in [0.3, 0.4) is 0 Å². The second kappa shape index (κ2) is 6.02. The summed E-state index contributed by atoms with van der Waals surface area (Å²) in [6.45, 7) is 2.74. The number of amides is 1. The van der Waals surface area contributed by atoms with Gasteiger partial charge in [0.1, 0.15) is 6.04 Å². The number of aromatic nitrogens is 1. The van der Waals surface area contributed by atoms with Crippen LogP contribution >= 0.6 is 0 Å². The van der Waals surface area contributed by atoms with Crippen LogP contribution in [0.25, 0.3) is 0 Å². The number of hydrogen-bond donors (Lipinski definition) is 2. The summed E-state index contributed by atoms with van der Waals surface area (Å²) in [7, 11) is 0. The van der Waals surface area contributed by atoms with Crippen molar-refractivity contribution in [3.8, 4) is 0 Å². The monoisotopic (exact) mass is 263 g/mol. The van der Waals surface area contributed by atoms with Crippen LogP contribution in [0.15, 0.2) is 18.3 Å². The summed E-state index contributed by atoms with van der Waals surface area (Å²) in [5.41, 5.74) is 7.02. The van der Waals surface area contributed by atoms with Gasteiger partial charge in [-0.25, -0.2) is 0 Å². The van der Waals surface area contributed by atoms with Crippen molar-refractivity contribution < 1.29 is 9.90 Å². The first kappa shape index (κ1) is 13.8. The van der Waals surface area contributed by atoms with Crippen molar-refractivity contribution >= 4 is 11.6 Å². The van der Waals surface area contributed by atoms with Crippen LogP contribution < -0.4 is 10.6 Å². The molecule has 2 atom stereocenters. The molecule has 5 heteroatoms. The van der Waals surface area contributed by atoms with Gasteiger partial charge in [0.05, 0.1) is 23.7 Å². The highest BCUT2D eigenvalue weighted by Crippen LogP contribution is 2.25.